The van der Waals surface area contributed by atoms with Gasteiger partial charge in [0.15, 0.2) is 0 Å². The SMILES string of the molecule is CCCCCCc1nc2cc(/C=C/C(O)NO)ccn2c1NCCC(=O)CNC. The average Bonchev–Trinajstić information content (AvgIpc) is 3.06. The van der Waals surface area contributed by atoms with Crippen molar-refractivity contribution in [3.63, 3.8) is 0 Å². The van der Waals surface area contributed by atoms with Crippen LogP contribution in [0.15, 0.2) is 24.4 Å². The summed E-state index contributed by atoms with van der Waals surface area (Å²) in [5.74, 6) is 1.10. The number of ketones is 1. The summed E-state index contributed by atoms with van der Waals surface area (Å²) < 4.78 is 2.00. The fourth-order valence-electron chi connectivity index (χ4n) is 3.14. The Bertz CT molecular complexity index is 803. The fraction of sp³-hybridized carbons (Fsp3) is 0.524. The molecule has 160 valence electrons. The van der Waals surface area contributed by atoms with Gasteiger partial charge in [0.1, 0.15) is 23.5 Å². The van der Waals surface area contributed by atoms with Gasteiger partial charge in [0, 0.05) is 19.2 Å². The second-order valence-corrected chi connectivity index (χ2v) is 7.08. The van der Waals surface area contributed by atoms with Crippen LogP contribution in [0.5, 0.6) is 0 Å². The van der Waals surface area contributed by atoms with Crippen LogP contribution in [0.1, 0.15) is 50.3 Å². The number of aromatic nitrogens is 2. The minimum atomic E-state index is -1.12. The van der Waals surface area contributed by atoms with Crippen molar-refractivity contribution in [3.8, 4) is 0 Å². The van der Waals surface area contributed by atoms with E-state index in [1.807, 2.05) is 22.7 Å². The van der Waals surface area contributed by atoms with Crippen LogP contribution in [0.3, 0.4) is 0 Å². The zero-order chi connectivity index (χ0) is 21.1. The van der Waals surface area contributed by atoms with Gasteiger partial charge in [-0.1, -0.05) is 32.3 Å². The average molecular weight is 404 g/mol. The maximum absolute atomic E-state index is 11.8. The van der Waals surface area contributed by atoms with Crippen molar-refractivity contribution in [2.75, 3.05) is 25.5 Å². The Morgan fingerprint density at radius 1 is 1.34 bits per heavy atom. The van der Waals surface area contributed by atoms with E-state index in [1.54, 1.807) is 18.6 Å². The first-order chi connectivity index (χ1) is 14.1. The first kappa shape index (κ1) is 23.0. The van der Waals surface area contributed by atoms with Crippen LogP contribution in [0.2, 0.25) is 0 Å². The van der Waals surface area contributed by atoms with Gasteiger partial charge in [-0.2, -0.15) is 5.48 Å². The zero-order valence-corrected chi connectivity index (χ0v) is 17.3. The summed E-state index contributed by atoms with van der Waals surface area (Å²) in [6.07, 6.45) is 9.96. The summed E-state index contributed by atoms with van der Waals surface area (Å²) in [7, 11) is 1.77. The Morgan fingerprint density at radius 2 is 2.17 bits per heavy atom. The standard InChI is InChI=1S/C21H33N5O3/c1-3-4-5-6-7-18-21(23-12-10-17(27)15-22-2)26-13-11-16(14-19(26)24-18)8-9-20(28)25-29/h8-9,11,13-14,20,22-23,25,28-29H,3-7,10,12,15H2,1-2H3/b9-8+. The van der Waals surface area contributed by atoms with Crippen LogP contribution < -0.4 is 16.1 Å². The number of fused-ring (bicyclic) bond motifs is 1. The number of hydrogen-bond acceptors (Lipinski definition) is 7. The quantitative estimate of drug-likeness (QED) is 0.187. The maximum Gasteiger partial charge on any atom is 0.148 e. The predicted molar refractivity (Wildman–Crippen MR) is 115 cm³/mol. The molecule has 2 rings (SSSR count). The minimum absolute atomic E-state index is 0.168. The number of hydrogen-bond donors (Lipinski definition) is 5. The Labute approximate surface area is 172 Å². The molecule has 1 atom stereocenters. The Morgan fingerprint density at radius 3 is 2.90 bits per heavy atom. The molecule has 0 aliphatic carbocycles. The number of unbranched alkanes of at least 4 members (excludes halogenated alkanes) is 3. The lowest BCUT2D eigenvalue weighted by Gasteiger charge is -2.09. The number of aliphatic hydroxyl groups excluding tert-OH is 1. The predicted octanol–water partition coefficient (Wildman–Crippen LogP) is 2.36. The molecule has 8 nitrogen and oxygen atoms in total. The molecule has 2 aromatic heterocycles. The normalized spacial score (nSPS) is 12.7. The van der Waals surface area contributed by atoms with E-state index in [2.05, 4.69) is 17.6 Å². The van der Waals surface area contributed by atoms with Gasteiger partial charge in [-0.3, -0.25) is 9.20 Å². The first-order valence-electron chi connectivity index (χ1n) is 10.3. The largest absolute Gasteiger partial charge is 0.373 e. The van der Waals surface area contributed by atoms with Crippen LogP contribution in [0.25, 0.3) is 11.7 Å². The molecule has 0 saturated carbocycles. The number of carbonyl (C=O) groups excluding carboxylic acids is 1. The number of pyridine rings is 1. The fourth-order valence-corrected chi connectivity index (χ4v) is 3.14. The molecule has 0 saturated heterocycles. The molecule has 2 aromatic rings. The molecular formula is C21H33N5O3. The molecular weight excluding hydrogens is 370 g/mol. The van der Waals surface area contributed by atoms with E-state index in [9.17, 15) is 9.90 Å². The Kier molecular flexibility index (Phi) is 9.79. The topological polar surface area (TPSA) is 111 Å². The molecule has 5 N–H and O–H groups in total. The number of carbonyl (C=O) groups is 1. The smallest absolute Gasteiger partial charge is 0.148 e. The van der Waals surface area contributed by atoms with Crippen molar-refractivity contribution in [2.45, 2.75) is 51.7 Å². The highest BCUT2D eigenvalue weighted by atomic mass is 16.5. The van der Waals surface area contributed by atoms with Crippen molar-refractivity contribution in [3.05, 3.63) is 35.7 Å². The molecule has 8 heteroatoms. The van der Waals surface area contributed by atoms with Crippen molar-refractivity contribution in [1.29, 1.82) is 0 Å². The van der Waals surface area contributed by atoms with E-state index in [0.29, 0.717) is 19.5 Å². The van der Waals surface area contributed by atoms with Crippen molar-refractivity contribution < 1.29 is 15.1 Å². The van der Waals surface area contributed by atoms with Gasteiger partial charge < -0.3 is 20.9 Å². The number of aryl methyl sites for hydroxylation is 1. The third kappa shape index (κ3) is 7.25. The lowest BCUT2D eigenvalue weighted by molar-refractivity contribution is -0.117. The van der Waals surface area contributed by atoms with Crippen molar-refractivity contribution in [2.24, 2.45) is 0 Å². The number of imidazole rings is 1. The van der Waals surface area contributed by atoms with Gasteiger partial charge in [0.2, 0.25) is 0 Å². The molecule has 1 unspecified atom stereocenters. The number of Topliss-reactive ketones (excluding diaryl/α,β-unsaturated/α-hetero) is 1. The van der Waals surface area contributed by atoms with Crippen LogP contribution in [-0.4, -0.2) is 51.8 Å². The summed E-state index contributed by atoms with van der Waals surface area (Å²) >= 11 is 0. The van der Waals surface area contributed by atoms with E-state index in [-0.39, 0.29) is 5.78 Å². The summed E-state index contributed by atoms with van der Waals surface area (Å²) in [4.78, 5) is 16.6. The van der Waals surface area contributed by atoms with E-state index in [0.717, 1.165) is 35.6 Å². The molecule has 2 heterocycles. The van der Waals surface area contributed by atoms with Gasteiger partial charge >= 0.3 is 0 Å². The number of likely N-dealkylation sites (N-methyl/N-ethyl adjacent to an activating group) is 1. The monoisotopic (exact) mass is 403 g/mol. The van der Waals surface area contributed by atoms with Crippen LogP contribution in [0, 0.1) is 0 Å². The third-order valence-electron chi connectivity index (χ3n) is 4.66. The number of rotatable bonds is 14. The third-order valence-corrected chi connectivity index (χ3v) is 4.66. The molecule has 0 fully saturated rings. The molecule has 0 spiro atoms. The highest BCUT2D eigenvalue weighted by Crippen LogP contribution is 2.22. The van der Waals surface area contributed by atoms with Gasteiger partial charge in [-0.25, -0.2) is 4.98 Å². The molecule has 0 aromatic carbocycles. The van der Waals surface area contributed by atoms with Crippen molar-refractivity contribution in [1.82, 2.24) is 20.2 Å². The maximum atomic E-state index is 11.8. The number of anilines is 1. The summed E-state index contributed by atoms with van der Waals surface area (Å²) in [6.45, 7) is 3.13. The number of nitrogens with zero attached hydrogens (tertiary/aromatic N) is 2. The van der Waals surface area contributed by atoms with Crippen LogP contribution >= 0.6 is 0 Å². The lowest BCUT2D eigenvalue weighted by Crippen LogP contribution is -2.21. The molecule has 0 bridgehead atoms. The molecule has 0 radical (unpaired) electrons. The molecule has 0 aliphatic heterocycles. The van der Waals surface area contributed by atoms with E-state index < -0.39 is 6.23 Å². The zero-order valence-electron chi connectivity index (χ0n) is 17.3. The van der Waals surface area contributed by atoms with Gasteiger partial charge in [0.25, 0.3) is 0 Å². The minimum Gasteiger partial charge on any atom is -0.373 e. The molecule has 29 heavy (non-hydrogen) atoms. The van der Waals surface area contributed by atoms with Gasteiger partial charge in [-0.15, -0.1) is 0 Å². The summed E-state index contributed by atoms with van der Waals surface area (Å²) in [5, 5.41) is 24.4. The van der Waals surface area contributed by atoms with E-state index >= 15 is 0 Å². The van der Waals surface area contributed by atoms with E-state index in [1.165, 1.54) is 25.3 Å². The van der Waals surface area contributed by atoms with Gasteiger partial charge in [0.05, 0.1) is 12.2 Å². The summed E-state index contributed by atoms with van der Waals surface area (Å²) in [5.41, 5.74) is 4.43. The highest BCUT2D eigenvalue weighted by molar-refractivity contribution is 5.80. The second kappa shape index (κ2) is 12.3. The lowest BCUT2D eigenvalue weighted by atomic mass is 10.1. The van der Waals surface area contributed by atoms with E-state index in [4.69, 9.17) is 10.2 Å². The molecule has 0 amide bonds. The Balaban J connectivity index is 2.19. The van der Waals surface area contributed by atoms with Crippen LogP contribution in [0.4, 0.5) is 5.82 Å². The highest BCUT2D eigenvalue weighted by Gasteiger charge is 2.12. The van der Waals surface area contributed by atoms with Crippen molar-refractivity contribution >= 4 is 23.3 Å². The van der Waals surface area contributed by atoms with Crippen LogP contribution in [-0.2, 0) is 11.2 Å². The first-order valence-corrected chi connectivity index (χ1v) is 10.3. The Hall–Kier alpha value is -2.26. The second-order valence-electron chi connectivity index (χ2n) is 7.08. The number of nitrogens with one attached hydrogen (secondary N) is 3. The van der Waals surface area contributed by atoms with Gasteiger partial charge in [-0.05, 0) is 43.7 Å². The molecule has 0 aliphatic rings. The number of aliphatic hydroxyl groups is 1. The summed E-state index contributed by atoms with van der Waals surface area (Å²) in [6, 6.07) is 3.83. The number of hydroxylamine groups is 1.